The third-order valence-corrected chi connectivity index (χ3v) is 4.61. The number of hydrogen-bond donors (Lipinski definition) is 3. The molecule has 0 fully saturated rings. The number of hydrogen-bond acceptors (Lipinski definition) is 5. The Morgan fingerprint density at radius 3 is 2.33 bits per heavy atom. The summed E-state index contributed by atoms with van der Waals surface area (Å²) in [7, 11) is 3.03. The number of anilines is 2. The lowest BCUT2D eigenvalue weighted by Crippen LogP contribution is -2.22. The summed E-state index contributed by atoms with van der Waals surface area (Å²) < 4.78 is 13.1. The van der Waals surface area contributed by atoms with E-state index in [1.165, 1.54) is 21.1 Å². The van der Waals surface area contributed by atoms with Crippen molar-refractivity contribution in [3.63, 3.8) is 0 Å². The summed E-state index contributed by atoms with van der Waals surface area (Å²) in [6.45, 7) is 3.28. The van der Waals surface area contributed by atoms with Crippen molar-refractivity contribution in [3.05, 3.63) is 40.9 Å². The van der Waals surface area contributed by atoms with Gasteiger partial charge in [0.05, 0.1) is 24.1 Å². The highest BCUT2D eigenvalue weighted by Crippen LogP contribution is 2.37. The normalized spacial score (nSPS) is 10.1. The first-order valence-electron chi connectivity index (χ1n) is 7.87. The second kappa shape index (κ2) is 9.38. The lowest BCUT2D eigenvalue weighted by molar-refractivity contribution is -0.114. The Morgan fingerprint density at radius 2 is 1.74 bits per heavy atom. The van der Waals surface area contributed by atoms with Crippen molar-refractivity contribution >= 4 is 46.9 Å². The molecule has 3 amide bonds. The van der Waals surface area contributed by atoms with Crippen LogP contribution in [0.5, 0.6) is 11.5 Å². The summed E-state index contributed by atoms with van der Waals surface area (Å²) in [6, 6.07) is 8.07. The molecule has 0 aliphatic heterocycles. The number of carbonyl (C=O) groups excluding carboxylic acids is 2. The van der Waals surface area contributed by atoms with Crippen molar-refractivity contribution in [3.8, 4) is 11.5 Å². The van der Waals surface area contributed by atoms with Gasteiger partial charge >= 0.3 is 6.03 Å². The molecule has 0 atom stereocenters. The van der Waals surface area contributed by atoms with Crippen LogP contribution in [0.4, 0.5) is 16.2 Å². The number of ether oxygens (including phenoxy) is 2. The average Bonchev–Trinajstić information content (AvgIpc) is 2.62. The van der Waals surface area contributed by atoms with Crippen LogP contribution in [-0.2, 0) is 4.79 Å². The second-order valence-electron chi connectivity index (χ2n) is 5.51. The van der Waals surface area contributed by atoms with Gasteiger partial charge in [0.2, 0.25) is 5.91 Å². The van der Waals surface area contributed by atoms with E-state index < -0.39 is 6.03 Å². The predicted molar refractivity (Wildman–Crippen MR) is 108 cm³/mol. The smallest absolute Gasteiger partial charge is 0.329 e. The minimum atomic E-state index is -0.416. The van der Waals surface area contributed by atoms with E-state index in [2.05, 4.69) is 15.4 Å². The molecule has 0 bridgehead atoms. The SMILES string of the molecule is COc1cc(OC)c(SNC(=O)Nc2ccc(NC(C)=O)c(C)c2)cc1Cl. The number of nitrogens with one attached hydrogen (secondary N) is 3. The van der Waals surface area contributed by atoms with Gasteiger partial charge < -0.3 is 20.1 Å². The topological polar surface area (TPSA) is 88.7 Å². The molecule has 2 aromatic rings. The summed E-state index contributed by atoms with van der Waals surface area (Å²) in [5.74, 6) is 0.856. The van der Waals surface area contributed by atoms with E-state index in [0.717, 1.165) is 17.5 Å². The molecule has 0 unspecified atom stereocenters. The van der Waals surface area contributed by atoms with E-state index in [4.69, 9.17) is 21.1 Å². The van der Waals surface area contributed by atoms with Crippen molar-refractivity contribution in [2.75, 3.05) is 24.9 Å². The van der Waals surface area contributed by atoms with Crippen molar-refractivity contribution < 1.29 is 19.1 Å². The molecular weight excluding hydrogens is 390 g/mol. The zero-order valence-electron chi connectivity index (χ0n) is 15.3. The molecule has 7 nitrogen and oxygen atoms in total. The molecule has 0 spiro atoms. The Hall–Kier alpha value is -2.58. The van der Waals surface area contributed by atoms with E-state index >= 15 is 0 Å². The number of methoxy groups -OCH3 is 2. The van der Waals surface area contributed by atoms with Crippen LogP contribution in [0.15, 0.2) is 35.2 Å². The maximum Gasteiger partial charge on any atom is 0.329 e. The molecule has 2 aromatic carbocycles. The first-order chi connectivity index (χ1) is 12.8. The van der Waals surface area contributed by atoms with Gasteiger partial charge in [-0.3, -0.25) is 9.52 Å². The van der Waals surface area contributed by atoms with Crippen molar-refractivity contribution in [2.45, 2.75) is 18.7 Å². The van der Waals surface area contributed by atoms with Crippen LogP contribution in [0.2, 0.25) is 5.02 Å². The molecule has 27 heavy (non-hydrogen) atoms. The van der Waals surface area contributed by atoms with Gasteiger partial charge in [0.25, 0.3) is 0 Å². The predicted octanol–water partition coefficient (Wildman–Crippen LogP) is 4.45. The van der Waals surface area contributed by atoms with Gasteiger partial charge in [-0.1, -0.05) is 11.6 Å². The summed E-state index contributed by atoms with van der Waals surface area (Å²) in [4.78, 5) is 23.9. The third-order valence-electron chi connectivity index (χ3n) is 3.49. The molecule has 0 aliphatic rings. The number of rotatable bonds is 6. The maximum atomic E-state index is 12.2. The second-order valence-corrected chi connectivity index (χ2v) is 6.76. The number of carbonyl (C=O) groups is 2. The number of halogens is 1. The van der Waals surface area contributed by atoms with Crippen LogP contribution >= 0.6 is 23.5 Å². The number of aryl methyl sites for hydroxylation is 1. The first-order valence-corrected chi connectivity index (χ1v) is 9.07. The molecule has 0 saturated heterocycles. The fraction of sp³-hybridized carbons (Fsp3) is 0.222. The van der Waals surface area contributed by atoms with Crippen LogP contribution in [0.1, 0.15) is 12.5 Å². The van der Waals surface area contributed by atoms with Crippen molar-refractivity contribution in [2.24, 2.45) is 0 Å². The summed E-state index contributed by atoms with van der Waals surface area (Å²) >= 11 is 7.18. The number of urea groups is 1. The first kappa shape index (κ1) is 20.7. The largest absolute Gasteiger partial charge is 0.495 e. The Labute approximate surface area is 166 Å². The quantitative estimate of drug-likeness (QED) is 0.613. The third kappa shape index (κ3) is 5.70. The minimum Gasteiger partial charge on any atom is -0.495 e. The molecular formula is C18H20ClN3O4S. The van der Waals surface area contributed by atoms with Crippen molar-refractivity contribution in [1.29, 1.82) is 0 Å². The molecule has 0 aromatic heterocycles. The number of benzene rings is 2. The molecule has 3 N–H and O–H groups in total. The van der Waals surface area contributed by atoms with E-state index in [-0.39, 0.29) is 5.91 Å². The molecule has 0 heterocycles. The average molecular weight is 410 g/mol. The van der Waals surface area contributed by atoms with Gasteiger partial charge in [-0.25, -0.2) is 4.79 Å². The standard InChI is InChI=1S/C18H20ClN3O4S/c1-10-7-12(5-6-14(10)20-11(2)23)21-18(24)22-27-17-8-13(19)15(25-3)9-16(17)26-4/h5-9H,1-4H3,(H,20,23)(H2,21,22,24). The van der Waals surface area contributed by atoms with Gasteiger partial charge in [0.1, 0.15) is 11.5 Å². The molecule has 144 valence electrons. The van der Waals surface area contributed by atoms with Crippen LogP contribution in [0.25, 0.3) is 0 Å². The molecule has 0 aliphatic carbocycles. The van der Waals surface area contributed by atoms with Gasteiger partial charge in [0.15, 0.2) is 0 Å². The summed E-state index contributed by atoms with van der Waals surface area (Å²) in [6.07, 6.45) is 0. The Balaban J connectivity index is 2.01. The van der Waals surface area contributed by atoms with E-state index in [1.807, 2.05) is 6.92 Å². The highest BCUT2D eigenvalue weighted by Gasteiger charge is 2.12. The van der Waals surface area contributed by atoms with Gasteiger partial charge in [0, 0.05) is 24.4 Å². The zero-order valence-corrected chi connectivity index (χ0v) is 16.9. The number of amides is 3. The lowest BCUT2D eigenvalue weighted by Gasteiger charge is -2.13. The van der Waals surface area contributed by atoms with E-state index in [1.54, 1.807) is 30.3 Å². The van der Waals surface area contributed by atoms with E-state index in [9.17, 15) is 9.59 Å². The summed E-state index contributed by atoms with van der Waals surface area (Å²) in [5, 5.41) is 5.86. The highest BCUT2D eigenvalue weighted by atomic mass is 35.5. The van der Waals surface area contributed by atoms with Gasteiger partial charge in [-0.15, -0.1) is 0 Å². The lowest BCUT2D eigenvalue weighted by atomic mass is 10.2. The Kier molecular flexibility index (Phi) is 7.20. The van der Waals surface area contributed by atoms with Gasteiger partial charge in [-0.05, 0) is 48.7 Å². The van der Waals surface area contributed by atoms with Crippen LogP contribution < -0.4 is 24.8 Å². The van der Waals surface area contributed by atoms with Gasteiger partial charge in [-0.2, -0.15) is 0 Å². The fourth-order valence-electron chi connectivity index (χ4n) is 2.24. The maximum absolute atomic E-state index is 12.2. The van der Waals surface area contributed by atoms with Crippen LogP contribution in [0.3, 0.4) is 0 Å². The van der Waals surface area contributed by atoms with Crippen LogP contribution in [-0.4, -0.2) is 26.2 Å². The summed E-state index contributed by atoms with van der Waals surface area (Å²) in [5.41, 5.74) is 2.12. The molecule has 9 heteroatoms. The zero-order chi connectivity index (χ0) is 20.0. The fourth-order valence-corrected chi connectivity index (χ4v) is 3.22. The van der Waals surface area contributed by atoms with Crippen molar-refractivity contribution in [1.82, 2.24) is 4.72 Å². The molecule has 0 radical (unpaired) electrons. The Bertz CT molecular complexity index is 861. The van der Waals surface area contributed by atoms with E-state index in [0.29, 0.717) is 32.8 Å². The molecule has 2 rings (SSSR count). The molecule has 0 saturated carbocycles. The monoisotopic (exact) mass is 409 g/mol. The highest BCUT2D eigenvalue weighted by molar-refractivity contribution is 7.98. The minimum absolute atomic E-state index is 0.153. The van der Waals surface area contributed by atoms with Crippen LogP contribution in [0, 0.1) is 6.92 Å². The Morgan fingerprint density at radius 1 is 1.04 bits per heavy atom.